The summed E-state index contributed by atoms with van der Waals surface area (Å²) < 4.78 is 4.77. The zero-order valence-corrected chi connectivity index (χ0v) is 7.10. The van der Waals surface area contributed by atoms with Crippen LogP contribution in [0, 0.1) is 0 Å². The van der Waals surface area contributed by atoms with Crippen LogP contribution in [0.3, 0.4) is 0 Å². The van der Waals surface area contributed by atoms with Gasteiger partial charge in [-0.25, -0.2) is 0 Å². The topological polar surface area (TPSA) is 9.23 Å². The lowest BCUT2D eigenvalue weighted by molar-refractivity contribution is 0.336. The molecule has 0 N–H and O–H groups in total. The van der Waals surface area contributed by atoms with Crippen LogP contribution >= 0.6 is 0 Å². The Balaban J connectivity index is 2.83. The van der Waals surface area contributed by atoms with E-state index < -0.39 is 0 Å². The molecule has 0 radical (unpaired) electrons. The summed E-state index contributed by atoms with van der Waals surface area (Å²) in [5.74, 6) is 0. The SMILES string of the molecule is CCCCCCC=COC. The van der Waals surface area contributed by atoms with Crippen LogP contribution in [-0.2, 0) is 4.74 Å². The van der Waals surface area contributed by atoms with Gasteiger partial charge < -0.3 is 4.74 Å². The van der Waals surface area contributed by atoms with E-state index in [1.54, 1.807) is 13.4 Å². The van der Waals surface area contributed by atoms with Crippen molar-refractivity contribution < 1.29 is 4.74 Å². The van der Waals surface area contributed by atoms with Crippen molar-refractivity contribution in [1.29, 1.82) is 0 Å². The van der Waals surface area contributed by atoms with E-state index in [-0.39, 0.29) is 0 Å². The van der Waals surface area contributed by atoms with Crippen LogP contribution in [0.5, 0.6) is 0 Å². The van der Waals surface area contributed by atoms with Gasteiger partial charge in [0.15, 0.2) is 0 Å². The minimum absolute atomic E-state index is 1.16. The fourth-order valence-electron chi connectivity index (χ4n) is 0.853. The Kier molecular flexibility index (Phi) is 8.15. The van der Waals surface area contributed by atoms with Crippen molar-refractivity contribution in [3.63, 3.8) is 0 Å². The molecule has 0 aliphatic carbocycles. The van der Waals surface area contributed by atoms with Gasteiger partial charge in [-0.1, -0.05) is 26.2 Å². The number of methoxy groups -OCH3 is 1. The first-order chi connectivity index (χ1) is 4.91. The lowest BCUT2D eigenvalue weighted by Crippen LogP contribution is -1.74. The molecule has 0 amide bonds. The number of hydrogen-bond acceptors (Lipinski definition) is 1. The molecule has 0 saturated carbocycles. The molecule has 0 saturated heterocycles. The first kappa shape index (κ1) is 9.54. The van der Waals surface area contributed by atoms with Crippen molar-refractivity contribution in [3.8, 4) is 0 Å². The zero-order chi connectivity index (χ0) is 7.66. The predicted molar refractivity (Wildman–Crippen MR) is 44.9 cm³/mol. The highest BCUT2D eigenvalue weighted by Gasteiger charge is 1.83. The number of ether oxygens (including phenoxy) is 1. The van der Waals surface area contributed by atoms with Crippen LogP contribution < -0.4 is 0 Å². The molecule has 0 bridgehead atoms. The third kappa shape index (κ3) is 7.54. The Hall–Kier alpha value is -0.460. The van der Waals surface area contributed by atoms with Crippen LogP contribution in [0.25, 0.3) is 0 Å². The van der Waals surface area contributed by atoms with Gasteiger partial charge in [-0.05, 0) is 18.9 Å². The van der Waals surface area contributed by atoms with E-state index in [1.165, 1.54) is 25.7 Å². The summed E-state index contributed by atoms with van der Waals surface area (Å²) in [4.78, 5) is 0. The Morgan fingerprint density at radius 1 is 1.20 bits per heavy atom. The van der Waals surface area contributed by atoms with Gasteiger partial charge in [-0.3, -0.25) is 0 Å². The van der Waals surface area contributed by atoms with Gasteiger partial charge in [0.25, 0.3) is 0 Å². The minimum atomic E-state index is 1.16. The Labute approximate surface area is 64.1 Å². The number of allylic oxidation sites excluding steroid dienone is 1. The summed E-state index contributed by atoms with van der Waals surface area (Å²) in [6, 6.07) is 0. The molecule has 0 fully saturated rings. The summed E-state index contributed by atoms with van der Waals surface area (Å²) in [7, 11) is 1.68. The fourth-order valence-corrected chi connectivity index (χ4v) is 0.853. The maximum atomic E-state index is 4.77. The smallest absolute Gasteiger partial charge is 0.0784 e. The first-order valence-corrected chi connectivity index (χ1v) is 4.09. The molecule has 0 spiro atoms. The predicted octanol–water partition coefficient (Wildman–Crippen LogP) is 3.12. The Morgan fingerprint density at radius 3 is 2.60 bits per heavy atom. The van der Waals surface area contributed by atoms with Crippen molar-refractivity contribution in [3.05, 3.63) is 12.3 Å². The highest BCUT2D eigenvalue weighted by atomic mass is 16.5. The van der Waals surface area contributed by atoms with Gasteiger partial charge in [0, 0.05) is 0 Å². The molecule has 0 aliphatic rings. The lowest BCUT2D eigenvalue weighted by Gasteiger charge is -1.93. The van der Waals surface area contributed by atoms with Crippen molar-refractivity contribution in [2.45, 2.75) is 39.0 Å². The van der Waals surface area contributed by atoms with E-state index >= 15 is 0 Å². The molecule has 0 rings (SSSR count). The highest BCUT2D eigenvalue weighted by molar-refractivity contribution is 4.72. The van der Waals surface area contributed by atoms with Gasteiger partial charge in [0.05, 0.1) is 13.4 Å². The quantitative estimate of drug-likeness (QED) is 0.409. The van der Waals surface area contributed by atoms with E-state index in [4.69, 9.17) is 4.74 Å². The van der Waals surface area contributed by atoms with Gasteiger partial charge in [0.2, 0.25) is 0 Å². The normalized spacial score (nSPS) is 10.6. The number of unbranched alkanes of at least 4 members (excludes halogenated alkanes) is 4. The summed E-state index contributed by atoms with van der Waals surface area (Å²) in [6.07, 6.45) is 10.3. The molecule has 0 heterocycles. The molecule has 0 atom stereocenters. The van der Waals surface area contributed by atoms with Gasteiger partial charge in [-0.2, -0.15) is 0 Å². The summed E-state index contributed by atoms with van der Waals surface area (Å²) in [5.41, 5.74) is 0. The minimum Gasteiger partial charge on any atom is -0.505 e. The fraction of sp³-hybridized carbons (Fsp3) is 0.778. The van der Waals surface area contributed by atoms with E-state index in [1.807, 2.05) is 0 Å². The third-order valence-electron chi connectivity index (χ3n) is 1.46. The van der Waals surface area contributed by atoms with Gasteiger partial charge >= 0.3 is 0 Å². The molecule has 10 heavy (non-hydrogen) atoms. The van der Waals surface area contributed by atoms with Crippen LogP contribution in [0.1, 0.15) is 39.0 Å². The monoisotopic (exact) mass is 142 g/mol. The standard InChI is InChI=1S/C9H18O/c1-3-4-5-6-7-8-9-10-2/h8-9H,3-7H2,1-2H3. The second kappa shape index (κ2) is 8.54. The van der Waals surface area contributed by atoms with Gasteiger partial charge in [-0.15, -0.1) is 0 Å². The molecule has 0 aliphatic heterocycles. The Morgan fingerprint density at radius 2 is 2.00 bits per heavy atom. The maximum absolute atomic E-state index is 4.77. The van der Waals surface area contributed by atoms with Crippen molar-refractivity contribution in [2.75, 3.05) is 7.11 Å². The zero-order valence-electron chi connectivity index (χ0n) is 7.10. The molecular weight excluding hydrogens is 124 g/mol. The average molecular weight is 142 g/mol. The molecule has 0 aromatic rings. The molecule has 0 aromatic carbocycles. The number of hydrogen-bond donors (Lipinski definition) is 0. The van der Waals surface area contributed by atoms with E-state index in [0.717, 1.165) is 6.42 Å². The van der Waals surface area contributed by atoms with E-state index in [0.29, 0.717) is 0 Å². The molecule has 1 nitrogen and oxygen atoms in total. The summed E-state index contributed by atoms with van der Waals surface area (Å²) in [6.45, 7) is 2.23. The average Bonchev–Trinajstić information content (AvgIpc) is 1.97. The summed E-state index contributed by atoms with van der Waals surface area (Å²) in [5, 5.41) is 0. The summed E-state index contributed by atoms with van der Waals surface area (Å²) >= 11 is 0. The van der Waals surface area contributed by atoms with E-state index in [2.05, 4.69) is 13.0 Å². The second-order valence-corrected chi connectivity index (χ2v) is 2.46. The van der Waals surface area contributed by atoms with E-state index in [9.17, 15) is 0 Å². The second-order valence-electron chi connectivity index (χ2n) is 2.46. The van der Waals surface area contributed by atoms with Crippen LogP contribution in [0.15, 0.2) is 12.3 Å². The highest BCUT2D eigenvalue weighted by Crippen LogP contribution is 2.02. The lowest BCUT2D eigenvalue weighted by atomic mass is 10.2. The molecule has 1 heteroatoms. The van der Waals surface area contributed by atoms with Crippen molar-refractivity contribution in [1.82, 2.24) is 0 Å². The van der Waals surface area contributed by atoms with Crippen molar-refractivity contribution >= 4 is 0 Å². The van der Waals surface area contributed by atoms with Crippen LogP contribution in [-0.4, -0.2) is 7.11 Å². The largest absolute Gasteiger partial charge is 0.505 e. The first-order valence-electron chi connectivity index (χ1n) is 4.09. The maximum Gasteiger partial charge on any atom is 0.0784 e. The van der Waals surface area contributed by atoms with Crippen LogP contribution in [0.4, 0.5) is 0 Å². The Bertz CT molecular complexity index is 76.8. The van der Waals surface area contributed by atoms with Gasteiger partial charge in [0.1, 0.15) is 0 Å². The number of rotatable bonds is 6. The molecular formula is C9H18O. The molecule has 60 valence electrons. The van der Waals surface area contributed by atoms with Crippen LogP contribution in [0.2, 0.25) is 0 Å². The third-order valence-corrected chi connectivity index (χ3v) is 1.46. The molecule has 0 aromatic heterocycles. The molecule has 0 unspecified atom stereocenters. The van der Waals surface area contributed by atoms with Crippen molar-refractivity contribution in [2.24, 2.45) is 0 Å².